The topological polar surface area (TPSA) is 104 Å². The number of fused-ring (bicyclic) bond motifs is 3. The second-order valence-corrected chi connectivity index (χ2v) is 12.6. The molecule has 0 aliphatic rings. The fourth-order valence-corrected chi connectivity index (χ4v) is 6.89. The molecule has 7 heteroatoms. The number of benzene rings is 6. The summed E-state index contributed by atoms with van der Waals surface area (Å²) >= 11 is 0. The Morgan fingerprint density at radius 3 is 1.81 bits per heavy atom. The van der Waals surface area contributed by atoms with Crippen molar-refractivity contribution in [1.82, 2.24) is 24.5 Å². The van der Waals surface area contributed by atoms with Crippen molar-refractivity contribution >= 4 is 21.8 Å². The minimum atomic E-state index is 0.453. The maximum absolute atomic E-state index is 9.98. The summed E-state index contributed by atoms with van der Waals surface area (Å²) in [5, 5.41) is 21.5. The quantitative estimate of drug-likeness (QED) is 0.173. The molecule has 0 radical (unpaired) electrons. The van der Waals surface area contributed by atoms with Crippen molar-refractivity contribution in [3.63, 3.8) is 0 Å². The number of rotatable bonds is 6. The van der Waals surface area contributed by atoms with Gasteiger partial charge in [-0.15, -0.1) is 0 Å². The molecule has 0 fully saturated rings. The molecule has 3 aromatic heterocycles. The van der Waals surface area contributed by atoms with E-state index in [1.165, 1.54) is 0 Å². The predicted octanol–water partition coefficient (Wildman–Crippen LogP) is 10.4. The number of aromatic nitrogens is 5. The first-order valence-electron chi connectivity index (χ1n) is 17.1. The average molecular weight is 678 g/mol. The van der Waals surface area contributed by atoms with E-state index in [1.807, 2.05) is 103 Å². The number of pyridine rings is 1. The van der Waals surface area contributed by atoms with Gasteiger partial charge in [-0.25, -0.2) is 15.0 Å². The molecular weight excluding hydrogens is 651 g/mol. The molecule has 3 heterocycles. The van der Waals surface area contributed by atoms with Gasteiger partial charge in [-0.2, -0.15) is 10.5 Å². The molecule has 9 rings (SSSR count). The second kappa shape index (κ2) is 13.2. The first-order chi connectivity index (χ1) is 26.2. The fourth-order valence-electron chi connectivity index (χ4n) is 6.89. The van der Waals surface area contributed by atoms with Crippen LogP contribution in [-0.4, -0.2) is 24.5 Å². The lowest BCUT2D eigenvalue weighted by Crippen LogP contribution is -2.04. The van der Waals surface area contributed by atoms with E-state index >= 15 is 0 Å². The van der Waals surface area contributed by atoms with E-state index in [0.717, 1.165) is 66.6 Å². The smallest absolute Gasteiger partial charge is 0.166 e. The van der Waals surface area contributed by atoms with E-state index < -0.39 is 0 Å². The van der Waals surface area contributed by atoms with Crippen LogP contribution in [0.2, 0.25) is 0 Å². The summed E-state index contributed by atoms with van der Waals surface area (Å²) < 4.78 is 2.25. The zero-order chi connectivity index (χ0) is 35.7. The Hall–Kier alpha value is -7.74. The summed E-state index contributed by atoms with van der Waals surface area (Å²) in [5.41, 5.74) is 9.82. The third-order valence-electron chi connectivity index (χ3n) is 9.39. The molecule has 7 nitrogen and oxygen atoms in total. The molecule has 9 aromatic rings. The van der Waals surface area contributed by atoms with Crippen molar-refractivity contribution in [1.29, 1.82) is 10.5 Å². The average Bonchev–Trinajstić information content (AvgIpc) is 3.57. The van der Waals surface area contributed by atoms with Gasteiger partial charge in [-0.1, -0.05) is 103 Å². The standard InChI is InChI=1S/C46H27N7/c47-28-30-18-21-36(35(25-30)29-48)33-19-22-42-38(26-33)37-15-7-8-17-41(37)53(42)43-23-20-34(40-16-9-10-24-49-40)27-39(43)46-51-44(31-11-3-1-4-12-31)50-45(52-46)32-13-5-2-6-14-32/h1-27H. The summed E-state index contributed by atoms with van der Waals surface area (Å²) in [7, 11) is 0. The summed E-state index contributed by atoms with van der Waals surface area (Å²) in [5.74, 6) is 1.68. The Labute approximate surface area is 305 Å². The summed E-state index contributed by atoms with van der Waals surface area (Å²) in [6.45, 7) is 0. The third-order valence-corrected chi connectivity index (χ3v) is 9.39. The molecule has 0 aliphatic heterocycles. The zero-order valence-corrected chi connectivity index (χ0v) is 28.2. The Kier molecular flexibility index (Phi) is 7.78. The molecular formula is C46H27N7. The third kappa shape index (κ3) is 5.65. The van der Waals surface area contributed by atoms with Crippen LogP contribution in [-0.2, 0) is 0 Å². The molecule has 0 saturated carbocycles. The summed E-state index contributed by atoms with van der Waals surface area (Å²) in [4.78, 5) is 19.9. The molecule has 0 N–H and O–H groups in total. The van der Waals surface area contributed by atoms with Crippen molar-refractivity contribution in [2.24, 2.45) is 0 Å². The van der Waals surface area contributed by atoms with E-state index in [-0.39, 0.29) is 0 Å². The largest absolute Gasteiger partial charge is 0.309 e. The number of hydrogen-bond acceptors (Lipinski definition) is 6. The van der Waals surface area contributed by atoms with Crippen molar-refractivity contribution in [3.8, 4) is 74.4 Å². The fraction of sp³-hybridized carbons (Fsp3) is 0. The molecule has 0 aliphatic carbocycles. The zero-order valence-electron chi connectivity index (χ0n) is 28.2. The predicted molar refractivity (Wildman–Crippen MR) is 209 cm³/mol. The number of nitriles is 2. The van der Waals surface area contributed by atoms with Crippen molar-refractivity contribution in [2.75, 3.05) is 0 Å². The van der Waals surface area contributed by atoms with Gasteiger partial charge in [-0.3, -0.25) is 4.98 Å². The molecule has 0 saturated heterocycles. The van der Waals surface area contributed by atoms with Gasteiger partial charge in [0, 0.05) is 39.2 Å². The maximum atomic E-state index is 9.98. The highest BCUT2D eigenvalue weighted by atomic mass is 15.1. The molecule has 0 atom stereocenters. The highest BCUT2D eigenvalue weighted by Gasteiger charge is 2.21. The van der Waals surface area contributed by atoms with Crippen LogP contribution in [0.3, 0.4) is 0 Å². The molecule has 53 heavy (non-hydrogen) atoms. The first kappa shape index (κ1) is 31.3. The van der Waals surface area contributed by atoms with Gasteiger partial charge in [0.2, 0.25) is 0 Å². The van der Waals surface area contributed by atoms with Gasteiger partial charge in [-0.05, 0) is 65.7 Å². The van der Waals surface area contributed by atoms with Gasteiger partial charge >= 0.3 is 0 Å². The normalized spacial score (nSPS) is 11.0. The highest BCUT2D eigenvalue weighted by Crippen LogP contribution is 2.39. The van der Waals surface area contributed by atoms with E-state index in [1.54, 1.807) is 18.3 Å². The van der Waals surface area contributed by atoms with Crippen molar-refractivity contribution < 1.29 is 0 Å². The minimum Gasteiger partial charge on any atom is -0.309 e. The Morgan fingerprint density at radius 1 is 0.453 bits per heavy atom. The van der Waals surface area contributed by atoms with E-state index in [2.05, 4.69) is 64.2 Å². The lowest BCUT2D eigenvalue weighted by atomic mass is 9.97. The molecule has 6 aromatic carbocycles. The van der Waals surface area contributed by atoms with Crippen LogP contribution >= 0.6 is 0 Å². The number of hydrogen-bond donors (Lipinski definition) is 0. The number of para-hydroxylation sites is 1. The van der Waals surface area contributed by atoms with Gasteiger partial charge in [0.15, 0.2) is 17.5 Å². The van der Waals surface area contributed by atoms with E-state index in [9.17, 15) is 10.5 Å². The molecule has 0 amide bonds. The Balaban J connectivity index is 1.32. The van der Waals surface area contributed by atoms with Gasteiger partial charge in [0.1, 0.15) is 0 Å². The van der Waals surface area contributed by atoms with Gasteiger partial charge < -0.3 is 4.57 Å². The van der Waals surface area contributed by atoms with Gasteiger partial charge in [0.25, 0.3) is 0 Å². The maximum Gasteiger partial charge on any atom is 0.166 e. The lowest BCUT2D eigenvalue weighted by molar-refractivity contribution is 1.06. The minimum absolute atomic E-state index is 0.453. The van der Waals surface area contributed by atoms with Crippen LogP contribution in [0.15, 0.2) is 164 Å². The van der Waals surface area contributed by atoms with Crippen LogP contribution in [0.4, 0.5) is 0 Å². The van der Waals surface area contributed by atoms with Crippen LogP contribution in [0.1, 0.15) is 11.1 Å². The monoisotopic (exact) mass is 677 g/mol. The van der Waals surface area contributed by atoms with Crippen LogP contribution in [0.5, 0.6) is 0 Å². The lowest BCUT2D eigenvalue weighted by Gasteiger charge is -2.16. The molecule has 246 valence electrons. The highest BCUT2D eigenvalue weighted by molar-refractivity contribution is 6.11. The molecule has 0 spiro atoms. The SMILES string of the molecule is N#Cc1ccc(-c2ccc3c(c2)c2ccccc2n3-c2ccc(-c3ccccn3)cc2-c2nc(-c3ccccc3)nc(-c3ccccc3)n2)c(C#N)c1. The van der Waals surface area contributed by atoms with Crippen molar-refractivity contribution in [2.45, 2.75) is 0 Å². The van der Waals surface area contributed by atoms with Gasteiger partial charge in [0.05, 0.1) is 45.7 Å². The summed E-state index contributed by atoms with van der Waals surface area (Å²) in [6, 6.07) is 56.4. The Morgan fingerprint density at radius 2 is 1.11 bits per heavy atom. The van der Waals surface area contributed by atoms with Crippen LogP contribution < -0.4 is 0 Å². The number of nitrogens with zero attached hydrogens (tertiary/aromatic N) is 7. The van der Waals surface area contributed by atoms with E-state index in [0.29, 0.717) is 28.6 Å². The second-order valence-electron chi connectivity index (χ2n) is 12.6. The van der Waals surface area contributed by atoms with Crippen LogP contribution in [0, 0.1) is 22.7 Å². The van der Waals surface area contributed by atoms with Crippen LogP contribution in [0.25, 0.3) is 84.0 Å². The molecule has 0 bridgehead atoms. The first-order valence-corrected chi connectivity index (χ1v) is 17.1. The Bertz CT molecular complexity index is 2850. The summed E-state index contributed by atoms with van der Waals surface area (Å²) in [6.07, 6.45) is 1.79. The van der Waals surface area contributed by atoms with Crippen molar-refractivity contribution in [3.05, 3.63) is 175 Å². The van der Waals surface area contributed by atoms with E-state index in [4.69, 9.17) is 15.0 Å². The molecule has 0 unspecified atom stereocenters.